The van der Waals surface area contributed by atoms with Crippen molar-refractivity contribution in [1.82, 2.24) is 35.5 Å². The lowest BCUT2D eigenvalue weighted by Crippen LogP contribution is -2.40. The maximum atomic E-state index is 12.7. The molecule has 1 saturated heterocycles. The Bertz CT molecular complexity index is 1100. The van der Waals surface area contributed by atoms with Crippen molar-refractivity contribution in [3.8, 4) is 17.3 Å². The molecule has 2 aromatic heterocycles. The van der Waals surface area contributed by atoms with Gasteiger partial charge in [-0.05, 0) is 35.9 Å². The summed E-state index contributed by atoms with van der Waals surface area (Å²) in [6.45, 7) is 2.90. The lowest BCUT2D eigenvalue weighted by molar-refractivity contribution is -0.150. The smallest absolute Gasteiger partial charge is 0.270 e. The molecule has 2 atom stereocenters. The average Bonchev–Trinajstić information content (AvgIpc) is 3.31. The quantitative estimate of drug-likeness (QED) is 0.481. The first-order valence-electron chi connectivity index (χ1n) is 10.4. The van der Waals surface area contributed by atoms with Gasteiger partial charge in [0.2, 0.25) is 5.82 Å². The largest absolute Gasteiger partial charge is 0.497 e. The summed E-state index contributed by atoms with van der Waals surface area (Å²) in [5.41, 5.74) is 1.50. The molecule has 33 heavy (non-hydrogen) atoms. The highest BCUT2D eigenvalue weighted by molar-refractivity contribution is 5.93. The summed E-state index contributed by atoms with van der Waals surface area (Å²) in [6, 6.07) is 8.97. The molecule has 0 bridgehead atoms. The van der Waals surface area contributed by atoms with Crippen LogP contribution in [-0.2, 0) is 22.6 Å². The van der Waals surface area contributed by atoms with Gasteiger partial charge in [0, 0.05) is 6.54 Å². The Balaban J connectivity index is 1.41. The van der Waals surface area contributed by atoms with Gasteiger partial charge in [-0.25, -0.2) is 9.97 Å². The molecule has 174 valence electrons. The highest BCUT2D eigenvalue weighted by Gasteiger charge is 2.23. The Kier molecular flexibility index (Phi) is 7.17. The fourth-order valence-corrected chi connectivity index (χ4v) is 3.25. The number of benzene rings is 1. The number of aliphatic hydroxyl groups is 1. The number of aromatic nitrogens is 6. The van der Waals surface area contributed by atoms with E-state index >= 15 is 0 Å². The van der Waals surface area contributed by atoms with E-state index < -0.39 is 0 Å². The van der Waals surface area contributed by atoms with Crippen LogP contribution in [0.4, 0.5) is 0 Å². The first-order chi connectivity index (χ1) is 16.0. The molecule has 0 spiro atoms. The van der Waals surface area contributed by atoms with Crippen molar-refractivity contribution in [2.24, 2.45) is 0 Å². The normalized spacial score (nSPS) is 18.2. The Morgan fingerprint density at radius 3 is 2.82 bits per heavy atom. The molecule has 0 aliphatic carbocycles. The van der Waals surface area contributed by atoms with Crippen LogP contribution in [0.15, 0.2) is 30.3 Å². The van der Waals surface area contributed by atoms with Gasteiger partial charge >= 0.3 is 0 Å². The Morgan fingerprint density at radius 1 is 1.24 bits per heavy atom. The van der Waals surface area contributed by atoms with Crippen molar-refractivity contribution < 1.29 is 24.1 Å². The average molecular weight is 455 g/mol. The van der Waals surface area contributed by atoms with E-state index in [-0.39, 0.29) is 36.2 Å². The summed E-state index contributed by atoms with van der Waals surface area (Å²) < 4.78 is 16.3. The lowest BCUT2D eigenvalue weighted by Gasteiger charge is -2.27. The van der Waals surface area contributed by atoms with Crippen LogP contribution in [0.3, 0.4) is 0 Å². The number of nitrogens with one attached hydrogen (secondary N) is 1. The van der Waals surface area contributed by atoms with Gasteiger partial charge in [0.05, 0.1) is 33.5 Å². The molecule has 12 nitrogen and oxygen atoms in total. The molecule has 1 aromatic carbocycles. The summed E-state index contributed by atoms with van der Waals surface area (Å²) in [5, 5.41) is 24.4. The van der Waals surface area contributed by atoms with Crippen LogP contribution < -0.4 is 10.1 Å². The molecule has 2 unspecified atom stereocenters. The Hall–Kier alpha value is -3.48. The van der Waals surface area contributed by atoms with Gasteiger partial charge < -0.3 is 24.6 Å². The number of rotatable bonds is 8. The fraction of sp³-hybridized carbons (Fsp3) is 0.429. The highest BCUT2D eigenvalue weighted by Crippen LogP contribution is 2.15. The van der Waals surface area contributed by atoms with E-state index in [1.54, 1.807) is 14.0 Å². The molecular weight excluding hydrogens is 430 g/mol. The first-order valence-corrected chi connectivity index (χ1v) is 10.4. The maximum Gasteiger partial charge on any atom is 0.270 e. The summed E-state index contributed by atoms with van der Waals surface area (Å²) in [6.07, 6.45) is -0.557. The second-order valence-electron chi connectivity index (χ2n) is 7.48. The second kappa shape index (κ2) is 10.4. The van der Waals surface area contributed by atoms with E-state index in [4.69, 9.17) is 19.3 Å². The molecule has 1 fully saturated rings. The zero-order valence-electron chi connectivity index (χ0n) is 18.3. The monoisotopic (exact) mass is 455 g/mol. The van der Waals surface area contributed by atoms with Gasteiger partial charge in [0.1, 0.15) is 35.2 Å². The van der Waals surface area contributed by atoms with Crippen molar-refractivity contribution in [1.29, 1.82) is 0 Å². The Morgan fingerprint density at radius 2 is 2.06 bits per heavy atom. The number of aryl methyl sites for hydroxylation is 1. The van der Waals surface area contributed by atoms with Crippen LogP contribution in [0.25, 0.3) is 11.5 Å². The zero-order chi connectivity index (χ0) is 23.2. The molecule has 1 aliphatic rings. The lowest BCUT2D eigenvalue weighted by atomic mass is 10.2. The van der Waals surface area contributed by atoms with Gasteiger partial charge in [0.25, 0.3) is 5.91 Å². The zero-order valence-corrected chi connectivity index (χ0v) is 18.3. The predicted molar refractivity (Wildman–Crippen MR) is 114 cm³/mol. The van der Waals surface area contributed by atoms with Crippen LogP contribution in [0.1, 0.15) is 21.9 Å². The van der Waals surface area contributed by atoms with Crippen molar-refractivity contribution in [2.45, 2.75) is 32.2 Å². The molecule has 1 amide bonds. The number of carbonyl (C=O) groups excluding carboxylic acids is 1. The van der Waals surface area contributed by atoms with Crippen molar-refractivity contribution in [3.63, 3.8) is 0 Å². The van der Waals surface area contributed by atoms with Gasteiger partial charge in [-0.15, -0.1) is 10.2 Å². The van der Waals surface area contributed by atoms with Gasteiger partial charge in [0.15, 0.2) is 0 Å². The topological polar surface area (TPSA) is 146 Å². The summed E-state index contributed by atoms with van der Waals surface area (Å²) in [4.78, 5) is 22.6. The second-order valence-corrected chi connectivity index (χ2v) is 7.48. The number of hydrogen-bond acceptors (Lipinski definition) is 10. The van der Waals surface area contributed by atoms with Crippen LogP contribution in [0, 0.1) is 6.92 Å². The highest BCUT2D eigenvalue weighted by atomic mass is 16.6. The standard InChI is InChI=1S/C21H25N7O5/c1-13-23-18(20-25-27-28(26-20)9-16-11-33-17(10-29)12-32-16)7-19(24-13)21(30)22-8-14-4-3-5-15(6-14)31-2/h3-7,16-17,29H,8-12H2,1-2H3,(H,22,30). The Labute approximate surface area is 189 Å². The number of tetrazole rings is 1. The molecule has 12 heteroatoms. The van der Waals surface area contributed by atoms with Gasteiger partial charge in [-0.1, -0.05) is 12.1 Å². The van der Waals surface area contributed by atoms with E-state index in [9.17, 15) is 4.79 Å². The van der Waals surface area contributed by atoms with Crippen LogP contribution in [-0.4, -0.2) is 80.3 Å². The minimum absolute atomic E-state index is 0.0824. The van der Waals surface area contributed by atoms with E-state index in [0.29, 0.717) is 37.8 Å². The first kappa shape index (κ1) is 22.7. The van der Waals surface area contributed by atoms with Gasteiger partial charge in [-0.3, -0.25) is 4.79 Å². The van der Waals surface area contributed by atoms with E-state index in [1.165, 1.54) is 10.9 Å². The number of aliphatic hydroxyl groups excluding tert-OH is 1. The molecule has 3 heterocycles. The molecule has 0 saturated carbocycles. The molecule has 0 radical (unpaired) electrons. The maximum absolute atomic E-state index is 12.7. The van der Waals surface area contributed by atoms with Crippen molar-refractivity contribution in [2.75, 3.05) is 26.9 Å². The van der Waals surface area contributed by atoms with Crippen LogP contribution in [0.5, 0.6) is 5.75 Å². The summed E-state index contributed by atoms with van der Waals surface area (Å²) in [7, 11) is 1.59. The minimum atomic E-state index is -0.344. The third kappa shape index (κ3) is 5.86. The van der Waals surface area contributed by atoms with Crippen molar-refractivity contribution >= 4 is 5.91 Å². The third-order valence-corrected chi connectivity index (χ3v) is 4.95. The molecule has 2 N–H and O–H groups in total. The number of ether oxygens (including phenoxy) is 3. The van der Waals surface area contributed by atoms with Crippen LogP contribution >= 0.6 is 0 Å². The number of nitrogens with zero attached hydrogens (tertiary/aromatic N) is 6. The number of carbonyl (C=O) groups is 1. The van der Waals surface area contributed by atoms with E-state index in [1.807, 2.05) is 24.3 Å². The third-order valence-electron chi connectivity index (χ3n) is 4.95. The summed E-state index contributed by atoms with van der Waals surface area (Å²) >= 11 is 0. The number of methoxy groups -OCH3 is 1. The number of hydrogen-bond donors (Lipinski definition) is 2. The number of amides is 1. The van der Waals surface area contributed by atoms with Crippen molar-refractivity contribution in [3.05, 3.63) is 47.4 Å². The molecule has 1 aliphatic heterocycles. The molecule has 4 rings (SSSR count). The van der Waals surface area contributed by atoms with Gasteiger partial charge in [-0.2, -0.15) is 4.80 Å². The molecular formula is C21H25N7O5. The summed E-state index contributed by atoms with van der Waals surface area (Å²) in [5.74, 6) is 1.05. The molecule has 3 aromatic rings. The van der Waals surface area contributed by atoms with Crippen LogP contribution in [0.2, 0.25) is 0 Å². The predicted octanol–water partition coefficient (Wildman–Crippen LogP) is 0.153. The van der Waals surface area contributed by atoms with E-state index in [2.05, 4.69) is 30.7 Å². The van der Waals surface area contributed by atoms with E-state index in [0.717, 1.165) is 11.3 Å². The fourth-order valence-electron chi connectivity index (χ4n) is 3.25. The minimum Gasteiger partial charge on any atom is -0.497 e. The SMILES string of the molecule is COc1cccc(CNC(=O)c2cc(-c3nnn(CC4COC(CO)CO4)n3)nc(C)n2)c1.